The standard InChI is InChI=1S/C25H14F2N4O2/c26-13-8-16-17(11-29-23(16)18(27)9-13)25-30-19(10-22(28)31-25)12-5-6-15-21(7-12)33-20-4-2-1-3-14(20)24(15)32/h1-11,29H,(H2,28,30,31). The Kier molecular flexibility index (Phi) is 4.03. The number of nitrogens with two attached hydrogens (primary N) is 1. The molecule has 0 saturated heterocycles. The Balaban J connectivity index is 1.54. The molecule has 0 amide bonds. The van der Waals surface area contributed by atoms with Gasteiger partial charge >= 0.3 is 0 Å². The number of benzene rings is 3. The van der Waals surface area contributed by atoms with Crippen LogP contribution in [0.2, 0.25) is 0 Å². The van der Waals surface area contributed by atoms with Crippen LogP contribution >= 0.6 is 0 Å². The normalized spacial score (nSPS) is 11.6. The number of halogens is 2. The number of hydrogen-bond donors (Lipinski definition) is 2. The van der Waals surface area contributed by atoms with Gasteiger partial charge in [0.05, 0.1) is 22.0 Å². The van der Waals surface area contributed by atoms with Crippen LogP contribution in [0.3, 0.4) is 0 Å². The van der Waals surface area contributed by atoms with Crippen LogP contribution in [0.15, 0.2) is 76.1 Å². The van der Waals surface area contributed by atoms with Crippen molar-refractivity contribution >= 4 is 38.7 Å². The summed E-state index contributed by atoms with van der Waals surface area (Å²) in [5.41, 5.74) is 8.49. The number of nitrogen functional groups attached to an aromatic ring is 1. The van der Waals surface area contributed by atoms with Gasteiger partial charge < -0.3 is 15.1 Å². The van der Waals surface area contributed by atoms with Crippen molar-refractivity contribution in [2.24, 2.45) is 0 Å². The molecule has 0 fully saturated rings. The molecule has 0 spiro atoms. The van der Waals surface area contributed by atoms with Crippen LogP contribution in [-0.4, -0.2) is 15.0 Å². The van der Waals surface area contributed by atoms with Gasteiger partial charge in [-0.2, -0.15) is 0 Å². The van der Waals surface area contributed by atoms with Gasteiger partial charge in [0.15, 0.2) is 5.82 Å². The fourth-order valence-corrected chi connectivity index (χ4v) is 4.03. The SMILES string of the molecule is Nc1cc(-c2ccc3c(=O)c4ccccc4oc3c2)nc(-c2c[nH]c3c(F)cc(F)cc23)n1. The van der Waals surface area contributed by atoms with E-state index in [1.807, 2.05) is 0 Å². The minimum absolute atomic E-state index is 0.121. The Morgan fingerprint density at radius 3 is 2.58 bits per heavy atom. The maximum Gasteiger partial charge on any atom is 0.200 e. The number of aromatic nitrogens is 3. The lowest BCUT2D eigenvalue weighted by molar-refractivity contribution is 0.591. The molecule has 0 aliphatic carbocycles. The summed E-state index contributed by atoms with van der Waals surface area (Å²) in [6.45, 7) is 0. The van der Waals surface area contributed by atoms with Crippen molar-refractivity contribution < 1.29 is 13.2 Å². The molecule has 3 aromatic carbocycles. The quantitative estimate of drug-likeness (QED) is 0.351. The van der Waals surface area contributed by atoms with Crippen LogP contribution in [0.1, 0.15) is 0 Å². The number of anilines is 1. The number of H-pyrrole nitrogens is 1. The van der Waals surface area contributed by atoms with Crippen molar-refractivity contribution in [3.63, 3.8) is 0 Å². The molecule has 0 bridgehead atoms. The van der Waals surface area contributed by atoms with E-state index in [1.54, 1.807) is 48.5 Å². The summed E-state index contributed by atoms with van der Waals surface area (Å²) in [5.74, 6) is -1.03. The molecule has 0 aliphatic heterocycles. The van der Waals surface area contributed by atoms with Gasteiger partial charge in [0.25, 0.3) is 0 Å². The zero-order valence-corrected chi connectivity index (χ0v) is 16.9. The first-order valence-corrected chi connectivity index (χ1v) is 10.0. The number of nitrogens with one attached hydrogen (secondary N) is 1. The molecule has 0 aliphatic rings. The third kappa shape index (κ3) is 3.03. The molecule has 33 heavy (non-hydrogen) atoms. The second-order valence-corrected chi connectivity index (χ2v) is 7.65. The highest BCUT2D eigenvalue weighted by atomic mass is 19.1. The number of para-hydroxylation sites is 1. The van der Waals surface area contributed by atoms with Crippen molar-refractivity contribution in [1.82, 2.24) is 15.0 Å². The molecule has 0 atom stereocenters. The van der Waals surface area contributed by atoms with Crippen molar-refractivity contribution in [3.05, 3.63) is 88.7 Å². The molecule has 6 rings (SSSR count). The summed E-state index contributed by atoms with van der Waals surface area (Å²) in [5, 5.41) is 1.26. The molecule has 6 nitrogen and oxygen atoms in total. The van der Waals surface area contributed by atoms with Gasteiger partial charge in [-0.05, 0) is 30.3 Å². The fourth-order valence-electron chi connectivity index (χ4n) is 4.03. The van der Waals surface area contributed by atoms with E-state index in [0.717, 1.165) is 6.07 Å². The van der Waals surface area contributed by atoms with Crippen molar-refractivity contribution in [2.75, 3.05) is 5.73 Å². The van der Waals surface area contributed by atoms with Gasteiger partial charge in [0, 0.05) is 34.8 Å². The van der Waals surface area contributed by atoms with Crippen LogP contribution in [0.25, 0.3) is 55.5 Å². The molecular weight excluding hydrogens is 426 g/mol. The van der Waals surface area contributed by atoms with Crippen molar-refractivity contribution in [1.29, 1.82) is 0 Å². The Labute approximate surface area is 184 Å². The van der Waals surface area contributed by atoms with Crippen LogP contribution in [-0.2, 0) is 0 Å². The zero-order valence-electron chi connectivity index (χ0n) is 16.9. The van der Waals surface area contributed by atoms with Crippen LogP contribution in [0.5, 0.6) is 0 Å². The Bertz CT molecular complexity index is 1790. The summed E-state index contributed by atoms with van der Waals surface area (Å²) < 4.78 is 33.9. The average Bonchev–Trinajstić information content (AvgIpc) is 3.23. The summed E-state index contributed by atoms with van der Waals surface area (Å²) in [4.78, 5) is 24.4. The van der Waals surface area contributed by atoms with Crippen LogP contribution in [0.4, 0.5) is 14.6 Å². The van der Waals surface area contributed by atoms with Gasteiger partial charge in [-0.15, -0.1) is 0 Å². The molecular formula is C25H14F2N4O2. The van der Waals surface area contributed by atoms with Gasteiger partial charge in [0.2, 0.25) is 5.43 Å². The highest BCUT2D eigenvalue weighted by molar-refractivity contribution is 5.95. The van der Waals surface area contributed by atoms with Crippen LogP contribution < -0.4 is 11.2 Å². The first-order chi connectivity index (χ1) is 16.0. The highest BCUT2D eigenvalue weighted by Gasteiger charge is 2.16. The van der Waals surface area contributed by atoms with E-state index in [1.165, 1.54) is 12.3 Å². The van der Waals surface area contributed by atoms with Gasteiger partial charge in [-0.25, -0.2) is 18.7 Å². The van der Waals surface area contributed by atoms with E-state index in [4.69, 9.17) is 10.2 Å². The molecule has 3 aromatic heterocycles. The van der Waals surface area contributed by atoms with Gasteiger partial charge in [0.1, 0.15) is 28.6 Å². The van der Waals surface area contributed by atoms with Crippen LogP contribution in [0, 0.1) is 11.6 Å². The summed E-state index contributed by atoms with van der Waals surface area (Å²) in [7, 11) is 0. The highest BCUT2D eigenvalue weighted by Crippen LogP contribution is 2.31. The maximum absolute atomic E-state index is 14.1. The van der Waals surface area contributed by atoms with Gasteiger partial charge in [-0.3, -0.25) is 4.79 Å². The molecule has 0 radical (unpaired) electrons. The molecule has 3 N–H and O–H groups in total. The smallest absolute Gasteiger partial charge is 0.200 e. The molecule has 0 saturated carbocycles. The topological polar surface area (TPSA) is 97.8 Å². The first kappa shape index (κ1) is 19.1. The predicted octanol–water partition coefficient (Wildman–Crippen LogP) is 5.41. The minimum Gasteiger partial charge on any atom is -0.456 e. The van der Waals surface area contributed by atoms with E-state index in [9.17, 15) is 13.6 Å². The predicted molar refractivity (Wildman–Crippen MR) is 123 cm³/mol. The molecule has 160 valence electrons. The van der Waals surface area contributed by atoms with Crippen molar-refractivity contribution in [2.45, 2.75) is 0 Å². The van der Waals surface area contributed by atoms with E-state index in [-0.39, 0.29) is 22.6 Å². The molecule has 6 aromatic rings. The second kappa shape index (κ2) is 6.96. The molecule has 3 heterocycles. The number of fused-ring (bicyclic) bond motifs is 3. The Hall–Kier alpha value is -4.59. The maximum atomic E-state index is 14.1. The third-order valence-corrected chi connectivity index (χ3v) is 5.57. The van der Waals surface area contributed by atoms with E-state index in [2.05, 4.69) is 15.0 Å². The second-order valence-electron chi connectivity index (χ2n) is 7.65. The largest absolute Gasteiger partial charge is 0.456 e. The number of aromatic amines is 1. The van der Waals surface area contributed by atoms with E-state index >= 15 is 0 Å². The lowest BCUT2D eigenvalue weighted by atomic mass is 10.1. The average molecular weight is 440 g/mol. The lowest BCUT2D eigenvalue weighted by Gasteiger charge is -2.07. The summed E-state index contributed by atoms with van der Waals surface area (Å²) in [6.07, 6.45) is 1.51. The zero-order chi connectivity index (χ0) is 22.7. The third-order valence-electron chi connectivity index (χ3n) is 5.57. The summed E-state index contributed by atoms with van der Waals surface area (Å²) in [6, 6.07) is 15.8. The Morgan fingerprint density at radius 2 is 1.70 bits per heavy atom. The molecule has 0 unspecified atom stereocenters. The Morgan fingerprint density at radius 1 is 0.879 bits per heavy atom. The summed E-state index contributed by atoms with van der Waals surface area (Å²) >= 11 is 0. The number of rotatable bonds is 2. The lowest BCUT2D eigenvalue weighted by Crippen LogP contribution is -2.02. The number of hydrogen-bond acceptors (Lipinski definition) is 5. The van der Waals surface area contributed by atoms with Gasteiger partial charge in [-0.1, -0.05) is 18.2 Å². The number of nitrogens with zero attached hydrogens (tertiary/aromatic N) is 2. The minimum atomic E-state index is -0.711. The molecule has 8 heteroatoms. The monoisotopic (exact) mass is 440 g/mol. The first-order valence-electron chi connectivity index (χ1n) is 10.0. The fraction of sp³-hybridized carbons (Fsp3) is 0. The van der Waals surface area contributed by atoms with E-state index < -0.39 is 11.6 Å². The van der Waals surface area contributed by atoms with Crippen molar-refractivity contribution in [3.8, 4) is 22.6 Å². The van der Waals surface area contributed by atoms with E-state index in [0.29, 0.717) is 44.1 Å².